The van der Waals surface area contributed by atoms with Crippen LogP contribution in [-0.2, 0) is 11.2 Å². The van der Waals surface area contributed by atoms with Crippen LogP contribution in [0.2, 0.25) is 0 Å². The van der Waals surface area contributed by atoms with E-state index in [1.165, 1.54) is 0 Å². The summed E-state index contributed by atoms with van der Waals surface area (Å²) in [4.78, 5) is 23.0. The lowest BCUT2D eigenvalue weighted by Crippen LogP contribution is -2.40. The Morgan fingerprint density at radius 3 is 2.64 bits per heavy atom. The Balaban J connectivity index is 1.69. The first-order chi connectivity index (χ1) is 10.5. The summed E-state index contributed by atoms with van der Waals surface area (Å²) in [5, 5.41) is 3.09. The number of nitrogens with zero attached hydrogens (tertiary/aromatic N) is 3. The molecule has 2 heterocycles. The van der Waals surface area contributed by atoms with Gasteiger partial charge in [-0.2, -0.15) is 0 Å². The van der Waals surface area contributed by atoms with Gasteiger partial charge in [0, 0.05) is 43.5 Å². The fourth-order valence-electron chi connectivity index (χ4n) is 3.07. The summed E-state index contributed by atoms with van der Waals surface area (Å²) < 4.78 is 0. The molecule has 1 aromatic rings. The van der Waals surface area contributed by atoms with E-state index < -0.39 is 0 Å². The van der Waals surface area contributed by atoms with Crippen molar-refractivity contribution in [3.8, 4) is 0 Å². The van der Waals surface area contributed by atoms with E-state index in [-0.39, 0.29) is 11.9 Å². The summed E-state index contributed by atoms with van der Waals surface area (Å²) in [6, 6.07) is 0.710. The van der Waals surface area contributed by atoms with Gasteiger partial charge in [0.25, 0.3) is 0 Å². The summed E-state index contributed by atoms with van der Waals surface area (Å²) >= 11 is 0. The highest BCUT2D eigenvalue weighted by Crippen LogP contribution is 2.21. The molecule has 0 unspecified atom stereocenters. The second kappa shape index (κ2) is 8.22. The normalized spacial score (nSPS) is 18.4. The number of piperidine rings is 1. The van der Waals surface area contributed by atoms with Gasteiger partial charge in [-0.3, -0.25) is 14.8 Å². The minimum absolute atomic E-state index is 0.0972. The molecule has 0 radical (unpaired) electrons. The fraction of sp³-hybridized carbons (Fsp3) is 0.706. The second-order valence-corrected chi connectivity index (χ2v) is 6.65. The van der Waals surface area contributed by atoms with Crippen molar-refractivity contribution >= 4 is 5.91 Å². The van der Waals surface area contributed by atoms with Crippen molar-refractivity contribution in [2.75, 3.05) is 13.1 Å². The van der Waals surface area contributed by atoms with Gasteiger partial charge in [-0.1, -0.05) is 0 Å². The molecule has 1 saturated heterocycles. The van der Waals surface area contributed by atoms with Crippen molar-refractivity contribution in [3.05, 3.63) is 24.3 Å². The van der Waals surface area contributed by atoms with Gasteiger partial charge in [0.05, 0.1) is 5.69 Å². The van der Waals surface area contributed by atoms with E-state index in [0.717, 1.165) is 38.0 Å². The van der Waals surface area contributed by atoms with Crippen LogP contribution in [0, 0.1) is 5.92 Å². The number of nitrogens with one attached hydrogen (secondary N) is 1. The van der Waals surface area contributed by atoms with Crippen LogP contribution in [0.5, 0.6) is 0 Å². The highest BCUT2D eigenvalue weighted by Gasteiger charge is 2.23. The molecule has 0 aliphatic carbocycles. The molecule has 2 rings (SSSR count). The molecule has 0 aromatic carbocycles. The van der Waals surface area contributed by atoms with E-state index >= 15 is 0 Å². The number of hydrogen-bond donors (Lipinski definition) is 1. The highest BCUT2D eigenvalue weighted by molar-refractivity contribution is 5.76. The van der Waals surface area contributed by atoms with Crippen molar-refractivity contribution in [1.29, 1.82) is 0 Å². The first-order valence-corrected chi connectivity index (χ1v) is 8.33. The third-order valence-corrected chi connectivity index (χ3v) is 4.39. The number of hydrogen-bond acceptors (Lipinski definition) is 4. The van der Waals surface area contributed by atoms with Crippen molar-refractivity contribution in [1.82, 2.24) is 20.2 Å². The van der Waals surface area contributed by atoms with E-state index in [0.29, 0.717) is 18.4 Å². The molecule has 5 heteroatoms. The zero-order valence-corrected chi connectivity index (χ0v) is 14.0. The third-order valence-electron chi connectivity index (χ3n) is 4.39. The predicted molar refractivity (Wildman–Crippen MR) is 87.4 cm³/mol. The molecule has 1 amide bonds. The minimum atomic E-state index is 0.0972. The van der Waals surface area contributed by atoms with Crippen LogP contribution < -0.4 is 5.32 Å². The smallest absolute Gasteiger partial charge is 0.220 e. The van der Waals surface area contributed by atoms with Gasteiger partial charge in [-0.05, 0) is 52.6 Å². The summed E-state index contributed by atoms with van der Waals surface area (Å²) in [7, 11) is 0. The average Bonchev–Trinajstić information content (AvgIpc) is 2.48. The fourth-order valence-corrected chi connectivity index (χ4v) is 3.07. The highest BCUT2D eigenvalue weighted by atomic mass is 16.1. The summed E-state index contributed by atoms with van der Waals surface area (Å²) in [5.74, 6) is 0.693. The average molecular weight is 304 g/mol. The standard InChI is InChI=1S/C17H28N4O/c1-13(2)21-8-4-15(5-9-21)11-17(22)20-14(3)10-16-12-18-6-7-19-16/h6-7,12-15H,4-5,8-11H2,1-3H3,(H,20,22)/t14-/m1/s1. The Labute approximate surface area is 133 Å². The number of amides is 1. The van der Waals surface area contributed by atoms with Crippen molar-refractivity contribution < 1.29 is 4.79 Å². The van der Waals surface area contributed by atoms with Crippen LogP contribution in [0.4, 0.5) is 0 Å². The van der Waals surface area contributed by atoms with E-state index in [1.54, 1.807) is 18.6 Å². The molecule has 1 atom stereocenters. The summed E-state index contributed by atoms with van der Waals surface area (Å²) in [6.45, 7) is 8.73. The van der Waals surface area contributed by atoms with Crippen LogP contribution in [0.15, 0.2) is 18.6 Å². The van der Waals surface area contributed by atoms with Gasteiger partial charge < -0.3 is 10.2 Å². The Bertz CT molecular complexity index is 455. The SMILES string of the molecule is CC(C)N1CCC(CC(=O)N[C@H](C)Cc2cnccn2)CC1. The Morgan fingerprint density at radius 1 is 1.32 bits per heavy atom. The van der Waals surface area contributed by atoms with Crippen LogP contribution in [0.1, 0.15) is 45.7 Å². The van der Waals surface area contributed by atoms with E-state index in [2.05, 4.69) is 34.0 Å². The molecule has 5 nitrogen and oxygen atoms in total. The number of carbonyl (C=O) groups excluding carboxylic acids is 1. The second-order valence-electron chi connectivity index (χ2n) is 6.65. The molecule has 0 bridgehead atoms. The molecular formula is C17H28N4O. The van der Waals surface area contributed by atoms with Crippen molar-refractivity contribution in [3.63, 3.8) is 0 Å². The number of aromatic nitrogens is 2. The monoisotopic (exact) mass is 304 g/mol. The van der Waals surface area contributed by atoms with Crippen LogP contribution in [0.3, 0.4) is 0 Å². The lowest BCUT2D eigenvalue weighted by Gasteiger charge is -2.34. The molecule has 1 aliphatic rings. The number of carbonyl (C=O) groups is 1. The lowest BCUT2D eigenvalue weighted by atomic mass is 9.92. The quantitative estimate of drug-likeness (QED) is 0.874. The van der Waals surface area contributed by atoms with Gasteiger partial charge in [0.2, 0.25) is 5.91 Å². The van der Waals surface area contributed by atoms with Crippen molar-refractivity contribution in [2.24, 2.45) is 5.92 Å². The van der Waals surface area contributed by atoms with Gasteiger partial charge in [-0.15, -0.1) is 0 Å². The minimum Gasteiger partial charge on any atom is -0.353 e. The molecule has 1 N–H and O–H groups in total. The topological polar surface area (TPSA) is 58.1 Å². The first kappa shape index (κ1) is 16.9. The molecule has 1 fully saturated rings. The van der Waals surface area contributed by atoms with E-state index in [9.17, 15) is 4.79 Å². The van der Waals surface area contributed by atoms with Gasteiger partial charge >= 0.3 is 0 Å². The van der Waals surface area contributed by atoms with Gasteiger partial charge in [0.1, 0.15) is 0 Å². The molecule has 0 spiro atoms. The zero-order valence-electron chi connectivity index (χ0n) is 14.0. The van der Waals surface area contributed by atoms with E-state index in [1.807, 2.05) is 6.92 Å². The number of rotatable bonds is 6. The molecule has 1 aliphatic heterocycles. The third kappa shape index (κ3) is 5.37. The van der Waals surface area contributed by atoms with Crippen LogP contribution in [0.25, 0.3) is 0 Å². The Kier molecular flexibility index (Phi) is 6.31. The van der Waals surface area contributed by atoms with Gasteiger partial charge in [0.15, 0.2) is 0 Å². The van der Waals surface area contributed by atoms with Crippen molar-refractivity contribution in [2.45, 2.75) is 58.5 Å². The Morgan fingerprint density at radius 2 is 2.05 bits per heavy atom. The van der Waals surface area contributed by atoms with Crippen LogP contribution in [-0.4, -0.2) is 45.9 Å². The molecule has 1 aromatic heterocycles. The molecule has 22 heavy (non-hydrogen) atoms. The zero-order chi connectivity index (χ0) is 15.9. The summed E-state index contributed by atoms with van der Waals surface area (Å²) in [6.07, 6.45) is 8.74. The maximum Gasteiger partial charge on any atom is 0.220 e. The maximum absolute atomic E-state index is 12.2. The Hall–Kier alpha value is -1.49. The molecule has 0 saturated carbocycles. The number of likely N-dealkylation sites (tertiary alicyclic amines) is 1. The first-order valence-electron chi connectivity index (χ1n) is 8.33. The molecule has 122 valence electrons. The van der Waals surface area contributed by atoms with E-state index in [4.69, 9.17) is 0 Å². The lowest BCUT2D eigenvalue weighted by molar-refractivity contribution is -0.123. The predicted octanol–water partition coefficient (Wildman–Crippen LogP) is 2.03. The van der Waals surface area contributed by atoms with Gasteiger partial charge in [-0.25, -0.2) is 0 Å². The summed E-state index contributed by atoms with van der Waals surface area (Å²) in [5.41, 5.74) is 0.917. The molecular weight excluding hydrogens is 276 g/mol. The van der Waals surface area contributed by atoms with Crippen LogP contribution >= 0.6 is 0 Å². The largest absolute Gasteiger partial charge is 0.353 e. The maximum atomic E-state index is 12.2.